The second kappa shape index (κ2) is 8.26. The molecule has 0 atom stereocenters. The van der Waals surface area contributed by atoms with Gasteiger partial charge in [0.1, 0.15) is 10.6 Å². The van der Waals surface area contributed by atoms with E-state index in [4.69, 9.17) is 14.2 Å². The Hall–Kier alpha value is -2.84. The number of esters is 1. The minimum Gasteiger partial charge on any atom is -0.462 e. The third kappa shape index (κ3) is 3.99. The van der Waals surface area contributed by atoms with Gasteiger partial charge in [0, 0.05) is 21.0 Å². The number of carbonyl (C=O) groups excluding carboxylic acids is 2. The van der Waals surface area contributed by atoms with E-state index in [-0.39, 0.29) is 19.3 Å². The average molecular weight is 474 g/mol. The van der Waals surface area contributed by atoms with Gasteiger partial charge >= 0.3 is 5.97 Å². The van der Waals surface area contributed by atoms with Crippen molar-refractivity contribution >= 4 is 44.1 Å². The van der Waals surface area contributed by atoms with Gasteiger partial charge in [-0.15, -0.1) is 11.3 Å². The normalized spacial score (nSPS) is 11.9. The molecular formula is C21H16BrNO5S. The molecule has 8 heteroatoms. The fourth-order valence-electron chi connectivity index (χ4n) is 2.94. The highest BCUT2D eigenvalue weighted by atomic mass is 79.9. The summed E-state index contributed by atoms with van der Waals surface area (Å²) >= 11 is 4.72. The van der Waals surface area contributed by atoms with Gasteiger partial charge in [0.25, 0.3) is 5.91 Å². The Morgan fingerprint density at radius 2 is 2.00 bits per heavy atom. The highest BCUT2D eigenvalue weighted by Crippen LogP contribution is 2.38. The molecular weight excluding hydrogens is 458 g/mol. The van der Waals surface area contributed by atoms with Gasteiger partial charge in [-0.2, -0.15) is 0 Å². The first-order chi connectivity index (χ1) is 14.1. The van der Waals surface area contributed by atoms with Crippen LogP contribution in [0.3, 0.4) is 0 Å². The second-order valence-electron chi connectivity index (χ2n) is 6.11. The van der Waals surface area contributed by atoms with Gasteiger partial charge in [-0.1, -0.05) is 28.1 Å². The molecule has 2 aromatic carbocycles. The molecule has 0 fully saturated rings. The number of hydrogen-bond acceptors (Lipinski definition) is 6. The lowest BCUT2D eigenvalue weighted by Crippen LogP contribution is -2.14. The molecule has 0 radical (unpaired) electrons. The predicted molar refractivity (Wildman–Crippen MR) is 114 cm³/mol. The van der Waals surface area contributed by atoms with Gasteiger partial charge in [-0.25, -0.2) is 4.79 Å². The molecule has 0 aliphatic carbocycles. The van der Waals surface area contributed by atoms with E-state index in [9.17, 15) is 9.59 Å². The van der Waals surface area contributed by atoms with Crippen molar-refractivity contribution in [3.8, 4) is 22.6 Å². The number of ether oxygens (including phenoxy) is 3. The molecule has 3 aromatic rings. The summed E-state index contributed by atoms with van der Waals surface area (Å²) in [5.41, 5.74) is 2.29. The standard InChI is InChI=1S/C21H16BrNO5S/c1-2-26-21(25)18-15(12-4-3-5-14(22)8-12)10-29-20(18)23-19(24)13-6-7-16-17(9-13)28-11-27-16/h3-10H,2,11H2,1H3,(H,23,24). The van der Waals surface area contributed by atoms with E-state index in [0.717, 1.165) is 10.0 Å². The van der Waals surface area contributed by atoms with E-state index in [0.29, 0.717) is 33.2 Å². The lowest BCUT2D eigenvalue weighted by molar-refractivity contribution is 0.0529. The summed E-state index contributed by atoms with van der Waals surface area (Å²) in [7, 11) is 0. The van der Waals surface area contributed by atoms with Crippen molar-refractivity contribution in [1.82, 2.24) is 0 Å². The van der Waals surface area contributed by atoms with Crippen molar-refractivity contribution in [2.75, 3.05) is 18.7 Å². The molecule has 1 aliphatic rings. The molecule has 1 aliphatic heterocycles. The molecule has 4 rings (SSSR count). The highest BCUT2D eigenvalue weighted by Gasteiger charge is 2.24. The quantitative estimate of drug-likeness (QED) is 0.506. The highest BCUT2D eigenvalue weighted by molar-refractivity contribution is 9.10. The first kappa shape index (κ1) is 19.5. The first-order valence-corrected chi connectivity index (χ1v) is 10.5. The number of rotatable bonds is 5. The van der Waals surface area contributed by atoms with E-state index < -0.39 is 5.97 Å². The third-order valence-electron chi connectivity index (χ3n) is 4.27. The van der Waals surface area contributed by atoms with Crippen molar-refractivity contribution < 1.29 is 23.8 Å². The van der Waals surface area contributed by atoms with Crippen molar-refractivity contribution in [1.29, 1.82) is 0 Å². The summed E-state index contributed by atoms with van der Waals surface area (Å²) in [5, 5.41) is 5.10. The number of halogens is 1. The van der Waals surface area contributed by atoms with Crippen molar-refractivity contribution in [3.05, 3.63) is 63.4 Å². The summed E-state index contributed by atoms with van der Waals surface area (Å²) in [6, 6.07) is 12.6. The van der Waals surface area contributed by atoms with Crippen LogP contribution in [0.25, 0.3) is 11.1 Å². The van der Waals surface area contributed by atoms with Gasteiger partial charge < -0.3 is 19.5 Å². The summed E-state index contributed by atoms with van der Waals surface area (Å²) in [6.45, 7) is 2.12. The van der Waals surface area contributed by atoms with Crippen molar-refractivity contribution in [2.24, 2.45) is 0 Å². The maximum absolute atomic E-state index is 12.8. The van der Waals surface area contributed by atoms with Crippen LogP contribution in [0.5, 0.6) is 11.5 Å². The molecule has 148 valence electrons. The van der Waals surface area contributed by atoms with E-state index in [1.165, 1.54) is 11.3 Å². The first-order valence-electron chi connectivity index (χ1n) is 8.82. The zero-order chi connectivity index (χ0) is 20.4. The Balaban J connectivity index is 1.68. The fourth-order valence-corrected chi connectivity index (χ4v) is 4.29. The molecule has 6 nitrogen and oxygen atoms in total. The van der Waals surface area contributed by atoms with Crippen molar-refractivity contribution in [3.63, 3.8) is 0 Å². The molecule has 1 amide bonds. The van der Waals surface area contributed by atoms with Crippen LogP contribution in [-0.2, 0) is 4.74 Å². The molecule has 0 spiro atoms. The van der Waals surface area contributed by atoms with E-state index in [1.54, 1.807) is 25.1 Å². The number of carbonyl (C=O) groups is 2. The minimum atomic E-state index is -0.482. The van der Waals surface area contributed by atoms with Gasteiger partial charge in [0.15, 0.2) is 11.5 Å². The average Bonchev–Trinajstić information content (AvgIpc) is 3.34. The summed E-state index contributed by atoms with van der Waals surface area (Å²) in [5.74, 6) is 0.285. The smallest absolute Gasteiger partial charge is 0.341 e. The monoisotopic (exact) mass is 473 g/mol. The lowest BCUT2D eigenvalue weighted by atomic mass is 10.0. The van der Waals surface area contributed by atoms with Gasteiger partial charge in [-0.05, 0) is 42.8 Å². The Labute approximate surface area is 179 Å². The predicted octanol–water partition coefficient (Wildman–Crippen LogP) is 5.34. The molecule has 1 N–H and O–H groups in total. The number of amides is 1. The second-order valence-corrected chi connectivity index (χ2v) is 7.90. The Kier molecular flexibility index (Phi) is 5.55. The van der Waals surface area contributed by atoms with E-state index in [2.05, 4.69) is 21.2 Å². The summed E-state index contributed by atoms with van der Waals surface area (Å²) in [6.07, 6.45) is 0. The molecule has 2 heterocycles. The van der Waals surface area contributed by atoms with Crippen LogP contribution in [0.1, 0.15) is 27.6 Å². The summed E-state index contributed by atoms with van der Waals surface area (Å²) < 4.78 is 16.7. The molecule has 0 unspecified atom stereocenters. The Morgan fingerprint density at radius 1 is 1.17 bits per heavy atom. The zero-order valence-corrected chi connectivity index (χ0v) is 17.8. The van der Waals surface area contributed by atoms with Crippen LogP contribution in [0.2, 0.25) is 0 Å². The van der Waals surface area contributed by atoms with E-state index >= 15 is 0 Å². The van der Waals surface area contributed by atoms with Gasteiger partial charge in [0.2, 0.25) is 6.79 Å². The van der Waals surface area contributed by atoms with E-state index in [1.807, 2.05) is 29.6 Å². The number of fused-ring (bicyclic) bond motifs is 1. The van der Waals surface area contributed by atoms with Crippen molar-refractivity contribution in [2.45, 2.75) is 6.92 Å². The van der Waals surface area contributed by atoms with Crippen LogP contribution in [0.15, 0.2) is 52.3 Å². The number of thiophene rings is 1. The van der Waals surface area contributed by atoms with Crippen LogP contribution < -0.4 is 14.8 Å². The number of anilines is 1. The number of benzene rings is 2. The zero-order valence-electron chi connectivity index (χ0n) is 15.4. The Bertz CT molecular complexity index is 1090. The van der Waals surface area contributed by atoms with Crippen LogP contribution in [0.4, 0.5) is 5.00 Å². The molecule has 29 heavy (non-hydrogen) atoms. The van der Waals surface area contributed by atoms with Crippen LogP contribution in [-0.4, -0.2) is 25.3 Å². The largest absolute Gasteiger partial charge is 0.462 e. The fraction of sp³-hybridized carbons (Fsp3) is 0.143. The number of nitrogens with one attached hydrogen (secondary N) is 1. The van der Waals surface area contributed by atoms with Crippen LogP contribution in [0, 0.1) is 0 Å². The minimum absolute atomic E-state index is 0.133. The molecule has 0 saturated heterocycles. The number of hydrogen-bond donors (Lipinski definition) is 1. The molecule has 1 aromatic heterocycles. The maximum atomic E-state index is 12.8. The lowest BCUT2D eigenvalue weighted by Gasteiger charge is -2.09. The van der Waals surface area contributed by atoms with Gasteiger partial charge in [-0.3, -0.25) is 4.79 Å². The van der Waals surface area contributed by atoms with Crippen LogP contribution >= 0.6 is 27.3 Å². The molecule has 0 bridgehead atoms. The Morgan fingerprint density at radius 3 is 2.79 bits per heavy atom. The van der Waals surface area contributed by atoms with Gasteiger partial charge in [0.05, 0.1) is 6.61 Å². The topological polar surface area (TPSA) is 73.9 Å². The third-order valence-corrected chi connectivity index (χ3v) is 5.66. The summed E-state index contributed by atoms with van der Waals surface area (Å²) in [4.78, 5) is 25.4. The molecule has 0 saturated carbocycles. The SMILES string of the molecule is CCOC(=O)c1c(-c2cccc(Br)c2)csc1NC(=O)c1ccc2c(c1)OCO2. The maximum Gasteiger partial charge on any atom is 0.341 e.